The number of benzene rings is 1. The van der Waals surface area contributed by atoms with Crippen LogP contribution < -0.4 is 15.8 Å². The van der Waals surface area contributed by atoms with Gasteiger partial charge >= 0.3 is 0 Å². The normalized spacial score (nSPS) is 25.5. The molecule has 6 nitrogen and oxygen atoms in total. The average molecular weight is 371 g/mol. The van der Waals surface area contributed by atoms with Crippen LogP contribution in [0.5, 0.6) is 5.75 Å². The first-order valence-corrected chi connectivity index (χ1v) is 8.70. The van der Waals surface area contributed by atoms with Crippen LogP contribution in [0.4, 0.5) is 5.69 Å². The standard InChI is InChI=1S/C18H26N2O4.ClH/c19-18(9-11-23-12-10-18)17(22)20-13-5-7-14(8-6-13)24-16-4-2-1-3-15(16)21;/h5-8,15-16,21H,1-4,9-12,19H2,(H,20,22);1H. The van der Waals surface area contributed by atoms with Gasteiger partial charge in [0.25, 0.3) is 0 Å². The van der Waals surface area contributed by atoms with Crippen molar-refractivity contribution in [1.82, 2.24) is 0 Å². The summed E-state index contributed by atoms with van der Waals surface area (Å²) in [5.74, 6) is 0.523. The lowest BCUT2D eigenvalue weighted by Crippen LogP contribution is -2.54. The number of carbonyl (C=O) groups is 1. The third-order valence-corrected chi connectivity index (χ3v) is 4.90. The summed E-state index contributed by atoms with van der Waals surface area (Å²) in [5.41, 5.74) is 6.00. The molecule has 0 spiro atoms. The molecule has 2 aliphatic rings. The molecule has 1 heterocycles. The van der Waals surface area contributed by atoms with Crippen molar-refractivity contribution in [1.29, 1.82) is 0 Å². The van der Waals surface area contributed by atoms with Crippen LogP contribution in [0.3, 0.4) is 0 Å². The van der Waals surface area contributed by atoms with Gasteiger partial charge in [-0.25, -0.2) is 0 Å². The quantitative estimate of drug-likeness (QED) is 0.755. The zero-order valence-corrected chi connectivity index (χ0v) is 15.1. The number of nitrogens with one attached hydrogen (secondary N) is 1. The molecule has 1 aromatic carbocycles. The second kappa shape index (κ2) is 8.85. The maximum absolute atomic E-state index is 12.4. The lowest BCUT2D eigenvalue weighted by atomic mass is 9.90. The largest absolute Gasteiger partial charge is 0.488 e. The molecular formula is C18H27ClN2O4. The minimum absolute atomic E-state index is 0. The van der Waals surface area contributed by atoms with Crippen molar-refractivity contribution in [3.63, 3.8) is 0 Å². The summed E-state index contributed by atoms with van der Waals surface area (Å²) >= 11 is 0. The molecule has 1 amide bonds. The van der Waals surface area contributed by atoms with Crippen molar-refractivity contribution in [2.45, 2.75) is 56.3 Å². The molecule has 7 heteroatoms. The van der Waals surface area contributed by atoms with Gasteiger partial charge < -0.3 is 25.6 Å². The second-order valence-corrected chi connectivity index (χ2v) is 6.76. The van der Waals surface area contributed by atoms with E-state index in [1.54, 1.807) is 12.1 Å². The van der Waals surface area contributed by atoms with Crippen molar-refractivity contribution in [3.05, 3.63) is 24.3 Å². The van der Waals surface area contributed by atoms with Crippen molar-refractivity contribution < 1.29 is 19.4 Å². The van der Waals surface area contributed by atoms with Crippen molar-refractivity contribution >= 4 is 24.0 Å². The smallest absolute Gasteiger partial charge is 0.244 e. The molecule has 0 aromatic heterocycles. The number of ether oxygens (including phenoxy) is 2. The lowest BCUT2D eigenvalue weighted by molar-refractivity contribution is -0.124. The molecule has 2 unspecified atom stereocenters. The van der Waals surface area contributed by atoms with Gasteiger partial charge in [0.2, 0.25) is 5.91 Å². The first-order chi connectivity index (χ1) is 11.6. The van der Waals surface area contributed by atoms with Gasteiger partial charge in [-0.1, -0.05) is 6.42 Å². The van der Waals surface area contributed by atoms with Crippen molar-refractivity contribution in [3.8, 4) is 5.75 Å². The van der Waals surface area contributed by atoms with E-state index in [1.165, 1.54) is 0 Å². The van der Waals surface area contributed by atoms with Gasteiger partial charge in [-0.2, -0.15) is 0 Å². The molecule has 2 atom stereocenters. The summed E-state index contributed by atoms with van der Waals surface area (Å²) in [7, 11) is 0. The lowest BCUT2D eigenvalue weighted by Gasteiger charge is -2.31. The molecule has 1 aliphatic heterocycles. The van der Waals surface area contributed by atoms with E-state index in [0.717, 1.165) is 25.7 Å². The van der Waals surface area contributed by atoms with Crippen LogP contribution in [0, 0.1) is 0 Å². The van der Waals surface area contributed by atoms with Gasteiger partial charge in [0.05, 0.1) is 6.10 Å². The molecule has 3 rings (SSSR count). The predicted molar refractivity (Wildman–Crippen MR) is 98.2 cm³/mol. The molecule has 1 saturated heterocycles. The SMILES string of the molecule is Cl.NC1(C(=O)Nc2ccc(OC3CCCCC3O)cc2)CCOCC1. The highest BCUT2D eigenvalue weighted by Gasteiger charge is 2.35. The number of amides is 1. The van der Waals surface area contributed by atoms with E-state index in [9.17, 15) is 9.90 Å². The fourth-order valence-electron chi connectivity index (χ4n) is 3.22. The highest BCUT2D eigenvalue weighted by Crippen LogP contribution is 2.25. The summed E-state index contributed by atoms with van der Waals surface area (Å²) < 4.78 is 11.1. The highest BCUT2D eigenvalue weighted by molar-refractivity contribution is 5.98. The Morgan fingerprint density at radius 2 is 1.84 bits per heavy atom. The van der Waals surface area contributed by atoms with E-state index in [2.05, 4.69) is 5.32 Å². The van der Waals surface area contributed by atoms with Gasteiger partial charge in [0.1, 0.15) is 17.4 Å². The maximum Gasteiger partial charge on any atom is 0.244 e. The van der Waals surface area contributed by atoms with E-state index in [-0.39, 0.29) is 24.4 Å². The third-order valence-electron chi connectivity index (χ3n) is 4.90. The minimum atomic E-state index is -0.861. The Bertz CT molecular complexity index is 561. The minimum Gasteiger partial charge on any atom is -0.488 e. The molecule has 140 valence electrons. The van der Waals surface area contributed by atoms with Crippen LogP contribution in [-0.2, 0) is 9.53 Å². The van der Waals surface area contributed by atoms with Gasteiger partial charge in [-0.05, 0) is 56.4 Å². The molecule has 25 heavy (non-hydrogen) atoms. The van der Waals surface area contributed by atoms with Crippen LogP contribution in [0.2, 0.25) is 0 Å². The fourth-order valence-corrected chi connectivity index (χ4v) is 3.22. The van der Waals surface area contributed by atoms with Crippen LogP contribution >= 0.6 is 12.4 Å². The topological polar surface area (TPSA) is 93.8 Å². The van der Waals surface area contributed by atoms with E-state index in [0.29, 0.717) is 37.5 Å². The summed E-state index contributed by atoms with van der Waals surface area (Å²) in [6, 6.07) is 7.21. The van der Waals surface area contributed by atoms with Crippen LogP contribution in [0.25, 0.3) is 0 Å². The number of hydrogen-bond acceptors (Lipinski definition) is 5. The molecular weight excluding hydrogens is 344 g/mol. The van der Waals surface area contributed by atoms with Gasteiger partial charge in [-0.3, -0.25) is 4.79 Å². The van der Waals surface area contributed by atoms with Crippen LogP contribution in [0.1, 0.15) is 38.5 Å². The number of aliphatic hydroxyl groups is 1. The zero-order chi connectivity index (χ0) is 17.0. The highest BCUT2D eigenvalue weighted by atomic mass is 35.5. The Kier molecular flexibility index (Phi) is 7.07. The molecule has 1 saturated carbocycles. The van der Waals surface area contributed by atoms with E-state index < -0.39 is 11.6 Å². The maximum atomic E-state index is 12.4. The summed E-state index contributed by atoms with van der Waals surface area (Å²) in [6.45, 7) is 1.03. The first-order valence-electron chi connectivity index (χ1n) is 8.70. The monoisotopic (exact) mass is 370 g/mol. The Hall–Kier alpha value is -1.34. The van der Waals surface area contributed by atoms with E-state index in [4.69, 9.17) is 15.2 Å². The zero-order valence-electron chi connectivity index (χ0n) is 14.3. The molecule has 1 aliphatic carbocycles. The predicted octanol–water partition coefficient (Wildman–Crippen LogP) is 2.24. The third kappa shape index (κ3) is 5.07. The Labute approximate surface area is 154 Å². The van der Waals surface area contributed by atoms with E-state index >= 15 is 0 Å². The number of hydrogen-bond donors (Lipinski definition) is 3. The van der Waals surface area contributed by atoms with Gasteiger partial charge in [0.15, 0.2) is 0 Å². The van der Waals surface area contributed by atoms with Crippen molar-refractivity contribution in [2.75, 3.05) is 18.5 Å². The molecule has 0 bridgehead atoms. The Morgan fingerprint density at radius 1 is 1.20 bits per heavy atom. The number of aliphatic hydroxyl groups excluding tert-OH is 1. The number of halogens is 1. The molecule has 0 radical (unpaired) electrons. The second-order valence-electron chi connectivity index (χ2n) is 6.76. The summed E-state index contributed by atoms with van der Waals surface area (Å²) in [6.07, 6.45) is 4.31. The van der Waals surface area contributed by atoms with Crippen LogP contribution in [0.15, 0.2) is 24.3 Å². The molecule has 4 N–H and O–H groups in total. The number of carbonyl (C=O) groups excluding carboxylic acids is 1. The number of nitrogens with two attached hydrogens (primary N) is 1. The van der Waals surface area contributed by atoms with Crippen molar-refractivity contribution in [2.24, 2.45) is 5.73 Å². The number of anilines is 1. The summed E-state index contributed by atoms with van der Waals surface area (Å²) in [4.78, 5) is 12.4. The first kappa shape index (κ1) is 20.0. The van der Waals surface area contributed by atoms with Gasteiger partial charge in [0, 0.05) is 18.9 Å². The fraction of sp³-hybridized carbons (Fsp3) is 0.611. The number of rotatable bonds is 4. The average Bonchev–Trinajstić information content (AvgIpc) is 2.59. The Balaban J connectivity index is 0.00000225. The summed E-state index contributed by atoms with van der Waals surface area (Å²) in [5, 5.41) is 12.8. The Morgan fingerprint density at radius 3 is 2.48 bits per heavy atom. The molecule has 1 aromatic rings. The van der Waals surface area contributed by atoms with Crippen LogP contribution in [-0.4, -0.2) is 42.0 Å². The van der Waals surface area contributed by atoms with Gasteiger partial charge in [-0.15, -0.1) is 12.4 Å². The molecule has 2 fully saturated rings. The van der Waals surface area contributed by atoms with E-state index in [1.807, 2.05) is 12.1 Å².